The number of ether oxygens (including phenoxy) is 1. The average molecular weight is 213 g/mol. The van der Waals surface area contributed by atoms with Gasteiger partial charge in [0.2, 0.25) is 0 Å². The summed E-state index contributed by atoms with van der Waals surface area (Å²) in [5.74, 6) is 1.12. The highest BCUT2D eigenvalue weighted by molar-refractivity contribution is 5.76. The Balaban J connectivity index is 2.48. The quantitative estimate of drug-likeness (QED) is 0.677. The summed E-state index contributed by atoms with van der Waals surface area (Å²) < 4.78 is 5.36. The van der Waals surface area contributed by atoms with Crippen molar-refractivity contribution in [2.75, 3.05) is 6.54 Å². The lowest BCUT2D eigenvalue weighted by atomic mass is 9.86. The van der Waals surface area contributed by atoms with Crippen molar-refractivity contribution in [3.05, 3.63) is 0 Å². The first-order valence-electron chi connectivity index (χ1n) is 5.76. The third-order valence-corrected chi connectivity index (χ3v) is 2.96. The molecule has 0 aromatic carbocycles. The largest absolute Gasteiger partial charge is 0.459 e. The van der Waals surface area contributed by atoms with E-state index < -0.39 is 0 Å². The first-order chi connectivity index (χ1) is 6.79. The molecule has 1 saturated heterocycles. The van der Waals surface area contributed by atoms with Gasteiger partial charge in [-0.25, -0.2) is 0 Å². The lowest BCUT2D eigenvalue weighted by Crippen LogP contribution is -2.48. The minimum absolute atomic E-state index is 0.110. The van der Waals surface area contributed by atoms with Crippen molar-refractivity contribution < 1.29 is 9.53 Å². The van der Waals surface area contributed by atoms with E-state index in [1.165, 1.54) is 0 Å². The average Bonchev–Trinajstić information content (AvgIpc) is 2.06. The van der Waals surface area contributed by atoms with Gasteiger partial charge in [-0.3, -0.25) is 4.79 Å². The van der Waals surface area contributed by atoms with Gasteiger partial charge in [-0.15, -0.1) is 0 Å². The van der Waals surface area contributed by atoms with Crippen molar-refractivity contribution >= 4 is 5.97 Å². The molecular formula is C12H23NO2. The predicted octanol–water partition coefficient (Wildman–Crippen LogP) is 1.96. The van der Waals surface area contributed by atoms with Crippen molar-refractivity contribution in [3.63, 3.8) is 0 Å². The van der Waals surface area contributed by atoms with E-state index in [0.717, 1.165) is 13.0 Å². The Morgan fingerprint density at radius 3 is 2.33 bits per heavy atom. The van der Waals surface area contributed by atoms with E-state index in [2.05, 4.69) is 19.2 Å². The molecule has 3 heteroatoms. The van der Waals surface area contributed by atoms with Crippen LogP contribution in [0.5, 0.6) is 0 Å². The van der Waals surface area contributed by atoms with E-state index in [9.17, 15) is 4.79 Å². The van der Waals surface area contributed by atoms with Crippen molar-refractivity contribution in [1.82, 2.24) is 5.32 Å². The second-order valence-corrected chi connectivity index (χ2v) is 5.68. The van der Waals surface area contributed by atoms with Gasteiger partial charge >= 0.3 is 5.97 Å². The third kappa shape index (κ3) is 3.82. The maximum Gasteiger partial charge on any atom is 0.323 e. The Bertz CT molecular complexity index is 232. The van der Waals surface area contributed by atoms with Crippen LogP contribution >= 0.6 is 0 Å². The fourth-order valence-corrected chi connectivity index (χ4v) is 1.77. The summed E-state index contributed by atoms with van der Waals surface area (Å²) in [5, 5.41) is 3.25. The summed E-state index contributed by atoms with van der Waals surface area (Å²) in [6.45, 7) is 11.0. The molecule has 1 aliphatic rings. The Hall–Kier alpha value is -0.570. The zero-order chi connectivity index (χ0) is 11.6. The number of carbonyl (C=O) groups is 1. The third-order valence-electron chi connectivity index (χ3n) is 2.96. The molecule has 0 bridgehead atoms. The molecule has 15 heavy (non-hydrogen) atoms. The Morgan fingerprint density at radius 1 is 1.27 bits per heavy atom. The van der Waals surface area contributed by atoms with Crippen LogP contribution in [0, 0.1) is 11.8 Å². The van der Waals surface area contributed by atoms with Crippen LogP contribution in [0.1, 0.15) is 41.0 Å². The molecule has 88 valence electrons. The zero-order valence-corrected chi connectivity index (χ0v) is 10.5. The number of carbonyl (C=O) groups excluding carboxylic acids is 1. The highest BCUT2D eigenvalue weighted by atomic mass is 16.6. The monoisotopic (exact) mass is 213 g/mol. The lowest BCUT2D eigenvalue weighted by molar-refractivity contribution is -0.158. The normalized spacial score (nSPS) is 32.5. The van der Waals surface area contributed by atoms with E-state index in [4.69, 9.17) is 4.74 Å². The molecule has 0 amide bonds. The summed E-state index contributed by atoms with van der Waals surface area (Å²) in [5.41, 5.74) is -0.384. The maximum absolute atomic E-state index is 11.8. The molecule has 0 spiro atoms. The highest BCUT2D eigenvalue weighted by Crippen LogP contribution is 2.22. The van der Waals surface area contributed by atoms with Crippen molar-refractivity contribution in [2.24, 2.45) is 11.8 Å². The summed E-state index contributed by atoms with van der Waals surface area (Å²) >= 11 is 0. The first-order valence-corrected chi connectivity index (χ1v) is 5.76. The van der Waals surface area contributed by atoms with Crippen LogP contribution in [-0.2, 0) is 9.53 Å². The van der Waals surface area contributed by atoms with E-state index in [1.807, 2.05) is 20.8 Å². The molecule has 1 heterocycles. The molecule has 1 aliphatic heterocycles. The second-order valence-electron chi connectivity index (χ2n) is 5.68. The summed E-state index contributed by atoms with van der Waals surface area (Å²) in [4.78, 5) is 11.8. The predicted molar refractivity (Wildman–Crippen MR) is 60.6 cm³/mol. The first kappa shape index (κ1) is 12.5. The van der Waals surface area contributed by atoms with Crippen molar-refractivity contribution in [2.45, 2.75) is 52.7 Å². The number of hydrogen-bond donors (Lipinski definition) is 1. The van der Waals surface area contributed by atoms with Gasteiger partial charge in [0.25, 0.3) is 0 Å². The number of nitrogens with one attached hydrogen (secondary N) is 1. The van der Waals surface area contributed by atoms with Gasteiger partial charge in [0.15, 0.2) is 0 Å². The molecule has 0 unspecified atom stereocenters. The zero-order valence-electron chi connectivity index (χ0n) is 10.5. The van der Waals surface area contributed by atoms with E-state index >= 15 is 0 Å². The minimum atomic E-state index is -0.384. The summed E-state index contributed by atoms with van der Waals surface area (Å²) in [6, 6.07) is -0.115. The van der Waals surface area contributed by atoms with Crippen LogP contribution in [0.2, 0.25) is 0 Å². The van der Waals surface area contributed by atoms with Gasteiger partial charge in [-0.1, -0.05) is 13.8 Å². The van der Waals surface area contributed by atoms with Gasteiger partial charge in [0, 0.05) is 0 Å². The highest BCUT2D eigenvalue weighted by Gasteiger charge is 2.31. The Kier molecular flexibility index (Phi) is 3.77. The molecule has 0 aromatic rings. The minimum Gasteiger partial charge on any atom is -0.459 e. The molecule has 0 aromatic heterocycles. The fourth-order valence-electron chi connectivity index (χ4n) is 1.77. The van der Waals surface area contributed by atoms with Crippen LogP contribution in [0.15, 0.2) is 0 Å². The van der Waals surface area contributed by atoms with Crippen LogP contribution in [-0.4, -0.2) is 24.2 Å². The molecule has 1 N–H and O–H groups in total. The topological polar surface area (TPSA) is 38.3 Å². The van der Waals surface area contributed by atoms with Crippen molar-refractivity contribution in [3.8, 4) is 0 Å². The number of esters is 1. The molecule has 0 saturated carbocycles. The Morgan fingerprint density at radius 2 is 1.87 bits per heavy atom. The molecular weight excluding hydrogens is 190 g/mol. The molecule has 0 radical (unpaired) electrons. The second kappa shape index (κ2) is 4.52. The summed E-state index contributed by atoms with van der Waals surface area (Å²) in [6.07, 6.45) is 0.885. The number of piperidine rings is 1. The van der Waals surface area contributed by atoms with Crippen LogP contribution in [0.3, 0.4) is 0 Å². The van der Waals surface area contributed by atoms with Crippen LogP contribution in [0.25, 0.3) is 0 Å². The Labute approximate surface area is 92.6 Å². The van der Waals surface area contributed by atoms with Crippen LogP contribution < -0.4 is 5.32 Å². The van der Waals surface area contributed by atoms with E-state index in [0.29, 0.717) is 11.8 Å². The molecule has 1 fully saturated rings. The van der Waals surface area contributed by atoms with Gasteiger partial charge in [0.05, 0.1) is 0 Å². The van der Waals surface area contributed by atoms with Gasteiger partial charge in [0.1, 0.15) is 11.6 Å². The molecule has 3 nitrogen and oxygen atoms in total. The summed E-state index contributed by atoms with van der Waals surface area (Å²) in [7, 11) is 0. The van der Waals surface area contributed by atoms with Crippen LogP contribution in [0.4, 0.5) is 0 Å². The number of hydrogen-bond acceptors (Lipinski definition) is 3. The smallest absolute Gasteiger partial charge is 0.323 e. The SMILES string of the molecule is C[C@@H]1C[C@H](C(=O)OC(C)(C)C)NC[C@@H]1C. The molecule has 1 rings (SSSR count). The fraction of sp³-hybridized carbons (Fsp3) is 0.917. The van der Waals surface area contributed by atoms with Gasteiger partial charge in [-0.2, -0.15) is 0 Å². The van der Waals surface area contributed by atoms with Gasteiger partial charge < -0.3 is 10.1 Å². The van der Waals surface area contributed by atoms with Crippen molar-refractivity contribution in [1.29, 1.82) is 0 Å². The molecule has 3 atom stereocenters. The standard InChI is InChI=1S/C12H23NO2/c1-8-6-10(13-7-9(8)2)11(14)15-12(3,4)5/h8-10,13H,6-7H2,1-5H3/t8-,9+,10-/m1/s1. The van der Waals surface area contributed by atoms with E-state index in [-0.39, 0.29) is 17.6 Å². The number of rotatable bonds is 1. The lowest BCUT2D eigenvalue weighted by Gasteiger charge is -2.33. The molecule has 0 aliphatic carbocycles. The van der Waals surface area contributed by atoms with E-state index in [1.54, 1.807) is 0 Å². The maximum atomic E-state index is 11.8. The van der Waals surface area contributed by atoms with Gasteiger partial charge in [-0.05, 0) is 45.6 Å².